The normalized spacial score (nSPS) is 18.5. The molecule has 3 nitrogen and oxygen atoms in total. The first-order valence-corrected chi connectivity index (χ1v) is 4.63. The number of rotatable bonds is 4. The van der Waals surface area contributed by atoms with Crippen LogP contribution in [0.3, 0.4) is 0 Å². The maximum atomic E-state index is 9.96. The molecule has 0 spiro atoms. The Bertz CT molecular complexity index is 162. The molecule has 0 fully saturated rings. The molecule has 3 N–H and O–H groups in total. The van der Waals surface area contributed by atoms with Gasteiger partial charge >= 0.3 is 0 Å². The van der Waals surface area contributed by atoms with E-state index in [9.17, 15) is 10.2 Å². The summed E-state index contributed by atoms with van der Waals surface area (Å²) in [4.78, 5) is 0. The van der Waals surface area contributed by atoms with Gasteiger partial charge in [0.25, 0.3) is 0 Å². The lowest BCUT2D eigenvalue weighted by Gasteiger charge is -2.41. The topological polar surface area (TPSA) is 60.7 Å². The van der Waals surface area contributed by atoms with Crippen molar-refractivity contribution in [2.24, 2.45) is 10.8 Å². The van der Waals surface area contributed by atoms with Crippen LogP contribution < -0.4 is 0 Å². The second-order valence-corrected chi connectivity index (χ2v) is 5.05. The molecule has 0 rings (SSSR count). The van der Waals surface area contributed by atoms with Crippen LogP contribution in [0.5, 0.6) is 0 Å². The highest BCUT2D eigenvalue weighted by molar-refractivity contribution is 4.91. The molecule has 2 unspecified atom stereocenters. The molecule has 3 heteroatoms. The molecule has 0 saturated carbocycles. The SMILES string of the molecule is CC(O)C(C)(C)C(O)C(C)(C)CO. The van der Waals surface area contributed by atoms with Crippen LogP contribution in [0.4, 0.5) is 0 Å². The van der Waals surface area contributed by atoms with Crippen molar-refractivity contribution in [2.45, 2.75) is 46.8 Å². The quantitative estimate of drug-likeness (QED) is 0.613. The minimum Gasteiger partial charge on any atom is -0.396 e. The van der Waals surface area contributed by atoms with E-state index in [1.807, 2.05) is 0 Å². The number of aliphatic hydroxyl groups is 3. The van der Waals surface area contributed by atoms with Crippen LogP contribution in [0.15, 0.2) is 0 Å². The van der Waals surface area contributed by atoms with Crippen molar-refractivity contribution in [3.63, 3.8) is 0 Å². The fraction of sp³-hybridized carbons (Fsp3) is 1.00. The highest BCUT2D eigenvalue weighted by Gasteiger charge is 2.41. The van der Waals surface area contributed by atoms with Crippen LogP contribution in [-0.2, 0) is 0 Å². The lowest BCUT2D eigenvalue weighted by atomic mass is 9.70. The molecular weight excluding hydrogens is 168 g/mol. The fourth-order valence-corrected chi connectivity index (χ4v) is 1.32. The van der Waals surface area contributed by atoms with Crippen molar-refractivity contribution in [3.05, 3.63) is 0 Å². The minimum atomic E-state index is -0.731. The predicted octanol–water partition coefficient (Wildman–Crippen LogP) is 0.773. The number of hydrogen-bond donors (Lipinski definition) is 3. The molecule has 0 bridgehead atoms. The average molecular weight is 190 g/mol. The minimum absolute atomic E-state index is 0.0929. The Labute approximate surface area is 80.4 Å². The lowest BCUT2D eigenvalue weighted by Crippen LogP contribution is -2.48. The molecule has 0 radical (unpaired) electrons. The Hall–Kier alpha value is -0.120. The third-order valence-corrected chi connectivity index (χ3v) is 2.93. The second kappa shape index (κ2) is 3.95. The van der Waals surface area contributed by atoms with Crippen LogP contribution >= 0.6 is 0 Å². The van der Waals surface area contributed by atoms with Crippen LogP contribution in [0.25, 0.3) is 0 Å². The summed E-state index contributed by atoms with van der Waals surface area (Å²) in [6, 6.07) is 0. The second-order valence-electron chi connectivity index (χ2n) is 5.05. The summed E-state index contributed by atoms with van der Waals surface area (Å²) in [6.07, 6.45) is -1.33. The van der Waals surface area contributed by atoms with Crippen molar-refractivity contribution < 1.29 is 15.3 Å². The van der Waals surface area contributed by atoms with E-state index < -0.39 is 23.0 Å². The maximum absolute atomic E-state index is 9.96. The van der Waals surface area contributed by atoms with E-state index in [0.717, 1.165) is 0 Å². The van der Waals surface area contributed by atoms with Gasteiger partial charge in [0, 0.05) is 10.8 Å². The van der Waals surface area contributed by atoms with E-state index >= 15 is 0 Å². The van der Waals surface area contributed by atoms with E-state index in [1.54, 1.807) is 34.6 Å². The average Bonchev–Trinajstić information content (AvgIpc) is 2.02. The third kappa shape index (κ3) is 2.66. The Morgan fingerprint density at radius 1 is 1.08 bits per heavy atom. The Kier molecular flexibility index (Phi) is 3.91. The first kappa shape index (κ1) is 12.9. The molecule has 0 amide bonds. The molecule has 0 aliphatic heterocycles. The van der Waals surface area contributed by atoms with Crippen LogP contribution in [0.2, 0.25) is 0 Å². The molecule has 2 atom stereocenters. The van der Waals surface area contributed by atoms with Gasteiger partial charge in [-0.3, -0.25) is 0 Å². The molecule has 0 aromatic carbocycles. The predicted molar refractivity (Wildman–Crippen MR) is 52.3 cm³/mol. The number of aliphatic hydroxyl groups excluding tert-OH is 3. The Balaban J connectivity index is 4.67. The van der Waals surface area contributed by atoms with Crippen molar-refractivity contribution in [1.29, 1.82) is 0 Å². The van der Waals surface area contributed by atoms with Gasteiger partial charge in [-0.15, -0.1) is 0 Å². The van der Waals surface area contributed by atoms with E-state index in [4.69, 9.17) is 5.11 Å². The maximum Gasteiger partial charge on any atom is 0.0688 e. The molecular formula is C10H22O3. The summed E-state index contributed by atoms with van der Waals surface area (Å²) in [7, 11) is 0. The smallest absolute Gasteiger partial charge is 0.0688 e. The van der Waals surface area contributed by atoms with Gasteiger partial charge in [0.15, 0.2) is 0 Å². The molecule has 0 aliphatic carbocycles. The zero-order valence-corrected chi connectivity index (χ0v) is 9.20. The van der Waals surface area contributed by atoms with Gasteiger partial charge in [0.1, 0.15) is 0 Å². The summed E-state index contributed by atoms with van der Waals surface area (Å²) in [5, 5.41) is 28.5. The van der Waals surface area contributed by atoms with Gasteiger partial charge < -0.3 is 15.3 Å². The van der Waals surface area contributed by atoms with E-state index in [2.05, 4.69) is 0 Å². The zero-order chi connectivity index (χ0) is 10.9. The number of hydrogen-bond acceptors (Lipinski definition) is 3. The van der Waals surface area contributed by atoms with Crippen LogP contribution in [0.1, 0.15) is 34.6 Å². The largest absolute Gasteiger partial charge is 0.396 e. The summed E-state index contributed by atoms with van der Waals surface area (Å²) in [5.74, 6) is 0. The van der Waals surface area contributed by atoms with Gasteiger partial charge in [-0.1, -0.05) is 27.7 Å². The van der Waals surface area contributed by atoms with Crippen LogP contribution in [0, 0.1) is 10.8 Å². The molecule has 0 heterocycles. The van der Waals surface area contributed by atoms with E-state index in [-0.39, 0.29) is 6.61 Å². The van der Waals surface area contributed by atoms with Crippen molar-refractivity contribution in [3.8, 4) is 0 Å². The molecule has 0 saturated heterocycles. The standard InChI is InChI=1S/C10H22O3/c1-7(12)10(4,5)8(13)9(2,3)6-11/h7-8,11-13H,6H2,1-5H3. The van der Waals surface area contributed by atoms with Crippen molar-refractivity contribution >= 4 is 0 Å². The summed E-state index contributed by atoms with van der Waals surface area (Å²) >= 11 is 0. The van der Waals surface area contributed by atoms with Crippen molar-refractivity contribution in [2.75, 3.05) is 6.61 Å². The van der Waals surface area contributed by atoms with Crippen molar-refractivity contribution in [1.82, 2.24) is 0 Å². The fourth-order valence-electron chi connectivity index (χ4n) is 1.32. The highest BCUT2D eigenvalue weighted by Crippen LogP contribution is 2.36. The van der Waals surface area contributed by atoms with Gasteiger partial charge in [0.2, 0.25) is 0 Å². The molecule has 13 heavy (non-hydrogen) atoms. The highest BCUT2D eigenvalue weighted by atomic mass is 16.3. The summed E-state index contributed by atoms with van der Waals surface area (Å²) < 4.78 is 0. The molecule has 0 aromatic heterocycles. The molecule has 0 aromatic rings. The van der Waals surface area contributed by atoms with E-state index in [1.165, 1.54) is 0 Å². The first-order valence-electron chi connectivity index (χ1n) is 4.63. The van der Waals surface area contributed by atoms with Gasteiger partial charge in [-0.05, 0) is 6.92 Å². The Morgan fingerprint density at radius 2 is 1.46 bits per heavy atom. The van der Waals surface area contributed by atoms with Gasteiger partial charge in [0.05, 0.1) is 18.8 Å². The van der Waals surface area contributed by atoms with Gasteiger partial charge in [-0.25, -0.2) is 0 Å². The third-order valence-electron chi connectivity index (χ3n) is 2.93. The van der Waals surface area contributed by atoms with Crippen LogP contribution in [-0.4, -0.2) is 34.1 Å². The summed E-state index contributed by atoms with van der Waals surface area (Å²) in [6.45, 7) is 8.70. The summed E-state index contributed by atoms with van der Waals surface area (Å²) in [5.41, 5.74) is -1.19. The lowest BCUT2D eigenvalue weighted by molar-refractivity contribution is -0.108. The Morgan fingerprint density at radius 3 is 1.69 bits per heavy atom. The zero-order valence-electron chi connectivity index (χ0n) is 9.20. The monoisotopic (exact) mass is 190 g/mol. The van der Waals surface area contributed by atoms with Gasteiger partial charge in [-0.2, -0.15) is 0 Å². The molecule has 80 valence electrons. The first-order chi connectivity index (χ1) is 5.66. The van der Waals surface area contributed by atoms with E-state index in [0.29, 0.717) is 0 Å². The molecule has 0 aliphatic rings.